The van der Waals surface area contributed by atoms with Gasteiger partial charge in [-0.1, -0.05) is 0 Å². The maximum absolute atomic E-state index is 12.1. The van der Waals surface area contributed by atoms with Crippen molar-refractivity contribution in [2.75, 3.05) is 0 Å². The highest BCUT2D eigenvalue weighted by atomic mass is 32.1. The zero-order valence-corrected chi connectivity index (χ0v) is 11.9. The summed E-state index contributed by atoms with van der Waals surface area (Å²) in [6.45, 7) is 4.04. The molecule has 0 spiro atoms. The normalized spacial score (nSPS) is 27.1. The minimum atomic E-state index is -0.857. The van der Waals surface area contributed by atoms with Gasteiger partial charge in [0.25, 0.3) is 0 Å². The molecule has 19 heavy (non-hydrogen) atoms. The molecule has 1 amide bonds. The van der Waals surface area contributed by atoms with Gasteiger partial charge < -0.3 is 10.0 Å². The molecule has 4 nitrogen and oxygen atoms in total. The van der Waals surface area contributed by atoms with Gasteiger partial charge in [0.2, 0.25) is 5.91 Å². The summed E-state index contributed by atoms with van der Waals surface area (Å²) >= 11 is 1.67. The van der Waals surface area contributed by atoms with E-state index in [2.05, 4.69) is 6.07 Å². The van der Waals surface area contributed by atoms with Crippen LogP contribution in [-0.4, -0.2) is 27.9 Å². The average molecular weight is 279 g/mol. The summed E-state index contributed by atoms with van der Waals surface area (Å²) in [7, 11) is 0. The topological polar surface area (TPSA) is 57.6 Å². The van der Waals surface area contributed by atoms with E-state index in [1.807, 2.05) is 18.7 Å². The first-order valence-corrected chi connectivity index (χ1v) is 7.41. The summed E-state index contributed by atoms with van der Waals surface area (Å²) in [6.07, 6.45) is 2.17. The Balaban J connectivity index is 2.03. The molecule has 0 bridgehead atoms. The molecule has 1 aliphatic carbocycles. The molecule has 3 rings (SSSR count). The highest BCUT2D eigenvalue weighted by Crippen LogP contribution is 2.47. The van der Waals surface area contributed by atoms with Gasteiger partial charge in [-0.2, -0.15) is 0 Å². The molecule has 2 aliphatic rings. The van der Waals surface area contributed by atoms with Gasteiger partial charge in [-0.05, 0) is 38.3 Å². The summed E-state index contributed by atoms with van der Waals surface area (Å²) in [4.78, 5) is 27.7. The minimum Gasteiger partial charge on any atom is -0.481 e. The monoisotopic (exact) mass is 279 g/mol. The van der Waals surface area contributed by atoms with Crippen LogP contribution in [0.25, 0.3) is 0 Å². The lowest BCUT2D eigenvalue weighted by Gasteiger charge is -2.27. The lowest BCUT2D eigenvalue weighted by atomic mass is 9.94. The molecule has 1 N–H and O–H groups in total. The summed E-state index contributed by atoms with van der Waals surface area (Å²) < 4.78 is 0. The molecular weight excluding hydrogens is 262 g/mol. The molecule has 2 heterocycles. The third-order valence-corrected chi connectivity index (χ3v) is 5.00. The molecule has 2 atom stereocenters. The Labute approximate surface area is 116 Å². The first-order valence-electron chi connectivity index (χ1n) is 6.60. The van der Waals surface area contributed by atoms with E-state index < -0.39 is 11.9 Å². The van der Waals surface area contributed by atoms with Crippen LogP contribution < -0.4 is 0 Å². The maximum atomic E-state index is 12.1. The van der Waals surface area contributed by atoms with Gasteiger partial charge in [0.15, 0.2) is 0 Å². The highest BCUT2D eigenvalue weighted by molar-refractivity contribution is 7.12. The van der Waals surface area contributed by atoms with Crippen LogP contribution in [0.1, 0.15) is 40.6 Å². The van der Waals surface area contributed by atoms with E-state index in [0.717, 1.165) is 23.3 Å². The highest BCUT2D eigenvalue weighted by Gasteiger charge is 2.50. The van der Waals surface area contributed by atoms with E-state index in [-0.39, 0.29) is 24.4 Å². The third-order valence-electron chi connectivity index (χ3n) is 4.02. The van der Waals surface area contributed by atoms with Gasteiger partial charge in [-0.25, -0.2) is 0 Å². The largest absolute Gasteiger partial charge is 0.481 e. The van der Waals surface area contributed by atoms with Crippen molar-refractivity contribution < 1.29 is 14.7 Å². The van der Waals surface area contributed by atoms with Gasteiger partial charge in [0, 0.05) is 22.2 Å². The SMILES string of the molecule is Cc1cc(C2C(C(=O)O)CC(=O)N2C2CC2)c(C)s1. The fourth-order valence-electron chi connectivity index (χ4n) is 3.07. The van der Waals surface area contributed by atoms with Crippen molar-refractivity contribution in [2.24, 2.45) is 5.92 Å². The van der Waals surface area contributed by atoms with E-state index in [9.17, 15) is 14.7 Å². The van der Waals surface area contributed by atoms with Gasteiger partial charge >= 0.3 is 5.97 Å². The summed E-state index contributed by atoms with van der Waals surface area (Å²) in [5.41, 5.74) is 1.03. The molecule has 0 aromatic carbocycles. The number of hydrogen-bond donors (Lipinski definition) is 1. The van der Waals surface area contributed by atoms with Crippen molar-refractivity contribution >= 4 is 23.2 Å². The maximum Gasteiger partial charge on any atom is 0.309 e. The first-order chi connectivity index (χ1) is 8.99. The number of carboxylic acids is 1. The van der Waals surface area contributed by atoms with Crippen molar-refractivity contribution in [1.82, 2.24) is 4.90 Å². The number of amides is 1. The second-order valence-corrected chi connectivity index (χ2v) is 6.95. The molecule has 1 aromatic heterocycles. The van der Waals surface area contributed by atoms with Gasteiger partial charge in [0.05, 0.1) is 12.0 Å². The molecule has 102 valence electrons. The summed E-state index contributed by atoms with van der Waals surface area (Å²) in [5.74, 6) is -1.45. The fourth-order valence-corrected chi connectivity index (χ4v) is 4.04. The zero-order valence-electron chi connectivity index (χ0n) is 11.0. The quantitative estimate of drug-likeness (QED) is 0.925. The van der Waals surface area contributed by atoms with Crippen molar-refractivity contribution in [3.8, 4) is 0 Å². The fraction of sp³-hybridized carbons (Fsp3) is 0.571. The Morgan fingerprint density at radius 2 is 2.11 bits per heavy atom. The van der Waals surface area contributed by atoms with Gasteiger partial charge in [-0.3, -0.25) is 9.59 Å². The second kappa shape index (κ2) is 4.34. The van der Waals surface area contributed by atoms with Crippen LogP contribution in [0.15, 0.2) is 6.07 Å². The number of carbonyl (C=O) groups excluding carboxylic acids is 1. The smallest absolute Gasteiger partial charge is 0.309 e. The van der Waals surface area contributed by atoms with E-state index in [4.69, 9.17) is 0 Å². The summed E-state index contributed by atoms with van der Waals surface area (Å²) in [5, 5.41) is 9.40. The molecular formula is C14H17NO3S. The second-order valence-electron chi connectivity index (χ2n) is 5.49. The van der Waals surface area contributed by atoms with Crippen LogP contribution in [0.2, 0.25) is 0 Å². The lowest BCUT2D eigenvalue weighted by molar-refractivity contribution is -0.142. The average Bonchev–Trinajstić information content (AvgIpc) is 3.02. The lowest BCUT2D eigenvalue weighted by Crippen LogP contribution is -2.32. The Hall–Kier alpha value is -1.36. The van der Waals surface area contributed by atoms with Crippen molar-refractivity contribution in [2.45, 2.75) is 45.2 Å². The Kier molecular flexibility index (Phi) is 2.89. The first kappa shape index (κ1) is 12.7. The van der Waals surface area contributed by atoms with Crippen LogP contribution >= 0.6 is 11.3 Å². The van der Waals surface area contributed by atoms with Gasteiger partial charge in [-0.15, -0.1) is 11.3 Å². The molecule has 0 radical (unpaired) electrons. The molecule has 5 heteroatoms. The van der Waals surface area contributed by atoms with Crippen LogP contribution in [0.5, 0.6) is 0 Å². The Bertz CT molecular complexity index is 547. The third kappa shape index (κ3) is 2.06. The molecule has 2 fully saturated rings. The van der Waals surface area contributed by atoms with E-state index in [1.54, 1.807) is 11.3 Å². The number of carbonyl (C=O) groups is 2. The predicted octanol–water partition coefficient (Wildman–Crippen LogP) is 2.50. The molecule has 1 saturated carbocycles. The summed E-state index contributed by atoms with van der Waals surface area (Å²) in [6, 6.07) is 2.05. The number of thiophene rings is 1. The molecule has 1 saturated heterocycles. The van der Waals surface area contributed by atoms with E-state index in [0.29, 0.717) is 0 Å². The Morgan fingerprint density at radius 3 is 2.58 bits per heavy atom. The van der Waals surface area contributed by atoms with Crippen LogP contribution in [-0.2, 0) is 9.59 Å². The Morgan fingerprint density at radius 1 is 1.42 bits per heavy atom. The number of nitrogens with zero attached hydrogens (tertiary/aromatic N) is 1. The van der Waals surface area contributed by atoms with Crippen molar-refractivity contribution in [1.29, 1.82) is 0 Å². The van der Waals surface area contributed by atoms with Crippen molar-refractivity contribution in [3.05, 3.63) is 21.4 Å². The number of likely N-dealkylation sites (tertiary alicyclic amines) is 1. The standard InChI is InChI=1S/C14H17NO3S/c1-7-5-10(8(2)19-7)13-11(14(17)18)6-12(16)15(13)9-3-4-9/h5,9,11,13H,3-4,6H2,1-2H3,(H,17,18). The molecule has 1 aromatic rings. The predicted molar refractivity (Wildman–Crippen MR) is 72.1 cm³/mol. The molecule has 1 aliphatic heterocycles. The zero-order chi connectivity index (χ0) is 13.7. The number of carboxylic acid groups (broad SMARTS) is 1. The number of aliphatic carboxylic acids is 1. The number of hydrogen-bond acceptors (Lipinski definition) is 3. The van der Waals surface area contributed by atoms with E-state index in [1.165, 1.54) is 4.88 Å². The van der Waals surface area contributed by atoms with Crippen molar-refractivity contribution in [3.63, 3.8) is 0 Å². The van der Waals surface area contributed by atoms with Crippen LogP contribution in [0.4, 0.5) is 0 Å². The van der Waals surface area contributed by atoms with E-state index >= 15 is 0 Å². The number of aryl methyl sites for hydroxylation is 2. The van der Waals surface area contributed by atoms with Gasteiger partial charge in [0.1, 0.15) is 0 Å². The molecule has 2 unspecified atom stereocenters. The van der Waals surface area contributed by atoms with Crippen LogP contribution in [0.3, 0.4) is 0 Å². The van der Waals surface area contributed by atoms with Crippen LogP contribution in [0, 0.1) is 19.8 Å². The number of rotatable bonds is 3. The minimum absolute atomic E-state index is 0.00292.